The second-order valence-corrected chi connectivity index (χ2v) is 11.6. The maximum atomic E-state index is 12.9. The van der Waals surface area contributed by atoms with Crippen LogP contribution in [-0.2, 0) is 6.18 Å². The molecular weight excluding hydrogens is 612 g/mol. The summed E-state index contributed by atoms with van der Waals surface area (Å²) in [4.78, 5) is 21.3. The standard InChI is InChI=1S/C30H24AsF3N4O4/c1-40-26-15-24-25(16-27(26)41-2)35-17-36-28(24)31-19-9-11-22(12-10-19)42-23-8-4-7-21(14-23)38-29(39)37-20-6-3-5-18(13-20)30(32,33)34/h3-17,31H,1-2H3,(H2,37,38,39). The minimum absolute atomic E-state index is 0.0202. The number of hydrogen-bond acceptors (Lipinski definition) is 6. The molecule has 214 valence electrons. The third-order valence-corrected chi connectivity index (χ3v) is 8.67. The van der Waals surface area contributed by atoms with Gasteiger partial charge in [-0.1, -0.05) is 6.07 Å². The van der Waals surface area contributed by atoms with Crippen LogP contribution < -0.4 is 33.7 Å². The van der Waals surface area contributed by atoms with Crippen molar-refractivity contribution in [1.29, 1.82) is 0 Å². The van der Waals surface area contributed by atoms with Crippen LogP contribution in [0.15, 0.2) is 91.3 Å². The molecule has 1 aromatic heterocycles. The van der Waals surface area contributed by atoms with Gasteiger partial charge in [-0.2, -0.15) is 13.2 Å². The molecule has 12 heteroatoms. The number of nitrogens with zero attached hydrogens (tertiary/aromatic N) is 2. The Hall–Kier alpha value is -4.76. The van der Waals surface area contributed by atoms with Gasteiger partial charge in [-0.3, -0.25) is 0 Å². The third kappa shape index (κ3) is 6.92. The molecule has 2 N–H and O–H groups in total. The summed E-state index contributed by atoms with van der Waals surface area (Å²) in [7, 11) is 3.17. The van der Waals surface area contributed by atoms with E-state index in [1.54, 1.807) is 44.8 Å². The average molecular weight is 636 g/mol. The fourth-order valence-corrected chi connectivity index (χ4v) is 6.30. The molecule has 0 saturated carbocycles. The summed E-state index contributed by atoms with van der Waals surface area (Å²) >= 11 is -0.808. The molecule has 0 bridgehead atoms. The van der Waals surface area contributed by atoms with E-state index in [1.165, 1.54) is 12.1 Å². The molecule has 2 amide bonds. The summed E-state index contributed by atoms with van der Waals surface area (Å²) in [5, 5.41) is 5.93. The van der Waals surface area contributed by atoms with Gasteiger partial charge in [-0.05, 0) is 18.2 Å². The first kappa shape index (κ1) is 28.8. The Morgan fingerprint density at radius 2 is 1.45 bits per heavy atom. The number of aromatic nitrogens is 2. The Kier molecular flexibility index (Phi) is 8.49. The molecular formula is C30H24AsF3N4O4. The molecule has 1 atom stereocenters. The van der Waals surface area contributed by atoms with E-state index in [0.29, 0.717) is 28.7 Å². The summed E-state index contributed by atoms with van der Waals surface area (Å²) < 4.78 is 57.7. The number of methoxy groups -OCH3 is 2. The molecule has 42 heavy (non-hydrogen) atoms. The van der Waals surface area contributed by atoms with Crippen molar-refractivity contribution in [2.45, 2.75) is 6.18 Å². The molecule has 8 nitrogen and oxygen atoms in total. The number of rotatable bonds is 8. The summed E-state index contributed by atoms with van der Waals surface area (Å²) in [5.41, 5.74) is 0.351. The van der Waals surface area contributed by atoms with Crippen molar-refractivity contribution >= 4 is 52.9 Å². The van der Waals surface area contributed by atoms with Crippen molar-refractivity contribution in [3.8, 4) is 23.0 Å². The van der Waals surface area contributed by atoms with Gasteiger partial charge in [0.1, 0.15) is 0 Å². The number of carbonyl (C=O) groups excluding carboxylic acids is 1. The number of amides is 2. The van der Waals surface area contributed by atoms with Gasteiger partial charge in [0.15, 0.2) is 0 Å². The quantitative estimate of drug-likeness (QED) is 0.219. The first-order valence-corrected chi connectivity index (χ1v) is 14.6. The molecule has 0 spiro atoms. The molecule has 0 radical (unpaired) electrons. The fourth-order valence-electron chi connectivity index (χ4n) is 4.07. The molecule has 5 rings (SSSR count). The first-order chi connectivity index (χ1) is 20.2. The second kappa shape index (κ2) is 12.4. The number of ether oxygens (including phenoxy) is 3. The van der Waals surface area contributed by atoms with Crippen LogP contribution in [0.1, 0.15) is 5.56 Å². The Labute approximate surface area is 245 Å². The van der Waals surface area contributed by atoms with Gasteiger partial charge >= 0.3 is 203 Å². The Morgan fingerprint density at radius 1 is 0.786 bits per heavy atom. The van der Waals surface area contributed by atoms with Crippen molar-refractivity contribution in [1.82, 2.24) is 9.97 Å². The van der Waals surface area contributed by atoms with E-state index in [9.17, 15) is 18.0 Å². The van der Waals surface area contributed by atoms with E-state index >= 15 is 0 Å². The fraction of sp³-hybridized carbons (Fsp3) is 0.100. The maximum absolute atomic E-state index is 12.9. The van der Waals surface area contributed by atoms with Gasteiger partial charge < -0.3 is 0 Å². The summed E-state index contributed by atoms with van der Waals surface area (Å²) in [6.45, 7) is 0. The molecule has 5 aromatic rings. The number of anilines is 2. The van der Waals surface area contributed by atoms with Crippen LogP contribution in [0.5, 0.6) is 23.0 Å². The van der Waals surface area contributed by atoms with E-state index in [4.69, 9.17) is 14.2 Å². The van der Waals surface area contributed by atoms with Crippen molar-refractivity contribution in [3.63, 3.8) is 0 Å². The predicted octanol–water partition coefficient (Wildman–Crippen LogP) is 5.49. The zero-order chi connectivity index (χ0) is 29.7. The normalized spacial score (nSPS) is 11.5. The predicted molar refractivity (Wildman–Crippen MR) is 156 cm³/mol. The van der Waals surface area contributed by atoms with Crippen molar-refractivity contribution in [2.75, 3.05) is 24.9 Å². The molecule has 0 aliphatic carbocycles. The SMILES string of the molecule is COc1cc2ncnc([AsH]c3ccc(Oc4cccc(NC(=O)Nc5cccc(C(F)(F)F)c5)c4)cc3)c2cc1OC. The van der Waals surface area contributed by atoms with Crippen LogP contribution in [0, 0.1) is 0 Å². The first-order valence-electron chi connectivity index (χ1n) is 12.5. The number of nitrogens with one attached hydrogen (secondary N) is 2. The zero-order valence-corrected chi connectivity index (χ0v) is 24.4. The summed E-state index contributed by atoms with van der Waals surface area (Å²) in [6.07, 6.45) is -2.96. The van der Waals surface area contributed by atoms with Gasteiger partial charge in [0, 0.05) is 0 Å². The van der Waals surface area contributed by atoms with E-state index in [2.05, 4.69) is 20.6 Å². The monoisotopic (exact) mass is 636 g/mol. The van der Waals surface area contributed by atoms with Crippen LogP contribution in [0.25, 0.3) is 10.9 Å². The van der Waals surface area contributed by atoms with Gasteiger partial charge in [-0.15, -0.1) is 0 Å². The average Bonchev–Trinajstić information content (AvgIpc) is 2.97. The number of fused-ring (bicyclic) bond motifs is 1. The van der Waals surface area contributed by atoms with E-state index in [-0.39, 0.29) is 5.69 Å². The van der Waals surface area contributed by atoms with Crippen molar-refractivity contribution < 1.29 is 32.2 Å². The second-order valence-electron chi connectivity index (χ2n) is 8.88. The molecule has 0 aliphatic rings. The topological polar surface area (TPSA) is 94.6 Å². The third-order valence-electron chi connectivity index (χ3n) is 6.03. The molecule has 0 saturated heterocycles. The number of urea groups is 1. The molecule has 1 unspecified atom stereocenters. The molecule has 0 fully saturated rings. The number of benzene rings is 4. The number of carbonyl (C=O) groups is 1. The summed E-state index contributed by atoms with van der Waals surface area (Å²) in [6, 6.07) is 21.8. The molecule has 4 aromatic carbocycles. The van der Waals surface area contributed by atoms with Crippen LogP contribution >= 0.6 is 0 Å². The van der Waals surface area contributed by atoms with Crippen LogP contribution in [0.2, 0.25) is 0 Å². The number of alkyl halides is 3. The number of hydrogen-bond donors (Lipinski definition) is 2. The van der Waals surface area contributed by atoms with Gasteiger partial charge in [-0.25, -0.2) is 0 Å². The molecule has 0 aliphatic heterocycles. The number of halogens is 3. The Balaban J connectivity index is 1.23. The van der Waals surface area contributed by atoms with E-state index in [0.717, 1.165) is 31.9 Å². The van der Waals surface area contributed by atoms with Crippen LogP contribution in [0.3, 0.4) is 0 Å². The Bertz CT molecular complexity index is 1730. The van der Waals surface area contributed by atoms with Crippen molar-refractivity contribution in [2.24, 2.45) is 0 Å². The van der Waals surface area contributed by atoms with Gasteiger partial charge in [0.2, 0.25) is 0 Å². The summed E-state index contributed by atoms with van der Waals surface area (Å²) in [5.74, 6) is 2.28. The van der Waals surface area contributed by atoms with Gasteiger partial charge in [0.05, 0.1) is 5.56 Å². The van der Waals surface area contributed by atoms with Crippen LogP contribution in [0.4, 0.5) is 29.3 Å². The van der Waals surface area contributed by atoms with Crippen LogP contribution in [-0.4, -0.2) is 46.0 Å². The Morgan fingerprint density at radius 3 is 2.14 bits per heavy atom. The molecule has 1 heterocycles. The van der Waals surface area contributed by atoms with Gasteiger partial charge in [0.25, 0.3) is 0 Å². The van der Waals surface area contributed by atoms with Crippen molar-refractivity contribution in [3.05, 3.63) is 96.8 Å². The zero-order valence-electron chi connectivity index (χ0n) is 22.3. The minimum atomic E-state index is -4.51. The van der Waals surface area contributed by atoms with E-state index in [1.807, 2.05) is 36.4 Å². The van der Waals surface area contributed by atoms with E-state index < -0.39 is 33.5 Å².